The van der Waals surface area contributed by atoms with E-state index in [1.54, 1.807) is 0 Å². The van der Waals surface area contributed by atoms with Crippen LogP contribution < -0.4 is 5.73 Å². The topological polar surface area (TPSA) is 43.1 Å². The maximum absolute atomic E-state index is 12.5. The Hall–Kier alpha value is -2.00. The number of allylic oxidation sites excluding steroid dienone is 1. The Balaban J connectivity index is 2.12. The van der Waals surface area contributed by atoms with Crippen molar-refractivity contribution in [1.29, 1.82) is 0 Å². The van der Waals surface area contributed by atoms with Crippen LogP contribution in [0.15, 0.2) is 58.3 Å². The maximum Gasteiger partial charge on any atom is 0.203 e. The number of fused-ring (bicyclic) bond motifs is 1. The van der Waals surface area contributed by atoms with Crippen molar-refractivity contribution in [2.75, 3.05) is 0 Å². The molecule has 0 aromatic heterocycles. The molecule has 94 valence electrons. The lowest BCUT2D eigenvalue weighted by molar-refractivity contribution is 0.104. The van der Waals surface area contributed by atoms with Crippen molar-refractivity contribution < 1.29 is 4.79 Å². The summed E-state index contributed by atoms with van der Waals surface area (Å²) in [6.45, 7) is 1.96. The Kier molecular flexibility index (Phi) is 2.91. The third-order valence-electron chi connectivity index (χ3n) is 3.21. The minimum Gasteiger partial charge on any atom is -0.397 e. The van der Waals surface area contributed by atoms with Crippen molar-refractivity contribution in [3.05, 3.63) is 70.1 Å². The van der Waals surface area contributed by atoms with Gasteiger partial charge in [0.2, 0.25) is 5.78 Å². The van der Waals surface area contributed by atoms with Crippen LogP contribution in [0, 0.1) is 6.92 Å². The monoisotopic (exact) mass is 267 g/mol. The molecule has 0 amide bonds. The van der Waals surface area contributed by atoms with E-state index in [-0.39, 0.29) is 5.78 Å². The van der Waals surface area contributed by atoms with Crippen LogP contribution in [0.4, 0.5) is 0 Å². The van der Waals surface area contributed by atoms with E-state index < -0.39 is 0 Å². The molecule has 0 bridgehead atoms. The van der Waals surface area contributed by atoms with Crippen molar-refractivity contribution in [3.63, 3.8) is 0 Å². The molecule has 2 aromatic carbocycles. The van der Waals surface area contributed by atoms with E-state index in [1.165, 1.54) is 11.8 Å². The molecular weight excluding hydrogens is 254 g/mol. The number of ketones is 1. The Morgan fingerprint density at radius 3 is 2.47 bits per heavy atom. The zero-order valence-electron chi connectivity index (χ0n) is 10.5. The maximum atomic E-state index is 12.5. The van der Waals surface area contributed by atoms with Crippen molar-refractivity contribution in [1.82, 2.24) is 0 Å². The fourth-order valence-electron chi connectivity index (χ4n) is 2.21. The number of aryl methyl sites for hydroxylation is 1. The quantitative estimate of drug-likeness (QED) is 0.803. The summed E-state index contributed by atoms with van der Waals surface area (Å²) in [6, 6.07) is 15.5. The molecule has 1 aliphatic heterocycles. The van der Waals surface area contributed by atoms with Gasteiger partial charge >= 0.3 is 0 Å². The van der Waals surface area contributed by atoms with Crippen LogP contribution in [-0.4, -0.2) is 5.78 Å². The van der Waals surface area contributed by atoms with Crippen LogP contribution in [0.3, 0.4) is 0 Å². The van der Waals surface area contributed by atoms with Gasteiger partial charge < -0.3 is 5.73 Å². The lowest BCUT2D eigenvalue weighted by Gasteiger charge is -2.04. The summed E-state index contributed by atoms with van der Waals surface area (Å²) >= 11 is 1.47. The zero-order chi connectivity index (χ0) is 13.4. The number of nitrogens with two attached hydrogens (primary N) is 1. The summed E-state index contributed by atoms with van der Waals surface area (Å²) < 4.78 is 0. The van der Waals surface area contributed by atoms with E-state index in [0.29, 0.717) is 10.6 Å². The summed E-state index contributed by atoms with van der Waals surface area (Å²) in [4.78, 5) is 14.1. The highest BCUT2D eigenvalue weighted by atomic mass is 32.2. The second kappa shape index (κ2) is 4.59. The lowest BCUT2D eigenvalue weighted by atomic mass is 10.0. The Morgan fingerprint density at radius 2 is 1.79 bits per heavy atom. The first-order valence-electron chi connectivity index (χ1n) is 6.06. The summed E-state index contributed by atoms with van der Waals surface area (Å²) in [5.74, 6) is 0.0412. The van der Waals surface area contributed by atoms with Gasteiger partial charge in [-0.15, -0.1) is 0 Å². The molecule has 3 heteroatoms. The molecule has 3 rings (SSSR count). The normalized spacial score (nSPS) is 16.4. The second-order valence-corrected chi connectivity index (χ2v) is 5.54. The van der Waals surface area contributed by atoms with Crippen LogP contribution >= 0.6 is 11.8 Å². The molecule has 1 aliphatic rings. The second-order valence-electron chi connectivity index (χ2n) is 4.49. The molecule has 0 atom stereocenters. The average Bonchev–Trinajstić information content (AvgIpc) is 2.78. The summed E-state index contributed by atoms with van der Waals surface area (Å²) in [7, 11) is 0. The van der Waals surface area contributed by atoms with Crippen LogP contribution in [-0.2, 0) is 0 Å². The van der Waals surface area contributed by atoms with E-state index in [4.69, 9.17) is 5.73 Å². The van der Waals surface area contributed by atoms with Gasteiger partial charge in [0.15, 0.2) is 0 Å². The average molecular weight is 267 g/mol. The highest BCUT2D eigenvalue weighted by molar-refractivity contribution is 8.05. The van der Waals surface area contributed by atoms with Gasteiger partial charge in [0, 0.05) is 10.5 Å². The molecular formula is C16H13NOS. The molecule has 0 radical (unpaired) electrons. The van der Waals surface area contributed by atoms with Crippen molar-refractivity contribution >= 4 is 23.2 Å². The van der Waals surface area contributed by atoms with E-state index in [0.717, 1.165) is 21.6 Å². The third kappa shape index (κ3) is 1.96. The van der Waals surface area contributed by atoms with Crippen molar-refractivity contribution in [2.45, 2.75) is 11.8 Å². The molecule has 0 spiro atoms. The van der Waals surface area contributed by atoms with Crippen LogP contribution in [0.1, 0.15) is 21.5 Å². The standard InChI is InChI=1S/C16H13NOS/c1-10-6-5-9-12-13(10)15(18)16(19-12)14(17)11-7-3-2-4-8-11/h2-9H,17H2,1H3. The molecule has 0 fully saturated rings. The number of hydrogen-bond donors (Lipinski definition) is 1. The molecule has 0 unspecified atom stereocenters. The minimum absolute atomic E-state index is 0.0412. The Bertz CT molecular complexity index is 689. The summed E-state index contributed by atoms with van der Waals surface area (Å²) in [5.41, 5.74) is 9.41. The molecule has 1 heterocycles. The molecule has 0 saturated heterocycles. The predicted molar refractivity (Wildman–Crippen MR) is 78.9 cm³/mol. The fourth-order valence-corrected chi connectivity index (χ4v) is 3.36. The van der Waals surface area contributed by atoms with Crippen LogP contribution in [0.2, 0.25) is 0 Å². The number of rotatable bonds is 1. The summed E-state index contributed by atoms with van der Waals surface area (Å²) in [5, 5.41) is 0. The smallest absolute Gasteiger partial charge is 0.203 e. The van der Waals surface area contributed by atoms with Crippen LogP contribution in [0.5, 0.6) is 0 Å². The van der Waals surface area contributed by atoms with E-state index >= 15 is 0 Å². The first-order chi connectivity index (χ1) is 9.18. The van der Waals surface area contributed by atoms with Gasteiger partial charge in [0.1, 0.15) is 0 Å². The van der Waals surface area contributed by atoms with E-state index in [2.05, 4.69) is 0 Å². The van der Waals surface area contributed by atoms with E-state index in [1.807, 2.05) is 55.5 Å². The van der Waals surface area contributed by atoms with Gasteiger partial charge in [-0.25, -0.2) is 0 Å². The SMILES string of the molecule is Cc1cccc2c1C(=O)C(=C(N)c1ccccc1)S2. The van der Waals surface area contributed by atoms with Gasteiger partial charge in [-0.2, -0.15) is 0 Å². The number of thioether (sulfide) groups is 1. The van der Waals surface area contributed by atoms with E-state index in [9.17, 15) is 4.79 Å². The Labute approximate surface area is 116 Å². The molecule has 0 saturated carbocycles. The zero-order valence-corrected chi connectivity index (χ0v) is 11.3. The van der Waals surface area contributed by atoms with Gasteiger partial charge in [0.25, 0.3) is 0 Å². The minimum atomic E-state index is 0.0412. The van der Waals surface area contributed by atoms with Gasteiger partial charge in [-0.05, 0) is 24.1 Å². The number of carbonyl (C=O) groups excluding carboxylic acids is 1. The molecule has 2 aromatic rings. The lowest BCUT2D eigenvalue weighted by Crippen LogP contribution is -2.05. The number of Topliss-reactive ketones (excluding diaryl/α,β-unsaturated/α-hetero) is 1. The van der Waals surface area contributed by atoms with Gasteiger partial charge in [-0.3, -0.25) is 4.79 Å². The first kappa shape index (κ1) is 12.1. The molecule has 19 heavy (non-hydrogen) atoms. The molecule has 2 nitrogen and oxygen atoms in total. The number of carbonyl (C=O) groups is 1. The number of hydrogen-bond acceptors (Lipinski definition) is 3. The summed E-state index contributed by atoms with van der Waals surface area (Å²) in [6.07, 6.45) is 0. The highest BCUT2D eigenvalue weighted by Crippen LogP contribution is 2.43. The van der Waals surface area contributed by atoms with Gasteiger partial charge in [0.05, 0.1) is 10.6 Å². The third-order valence-corrected chi connectivity index (χ3v) is 4.38. The first-order valence-corrected chi connectivity index (χ1v) is 6.87. The van der Waals surface area contributed by atoms with Gasteiger partial charge in [-0.1, -0.05) is 54.2 Å². The fraction of sp³-hybridized carbons (Fsp3) is 0.0625. The largest absolute Gasteiger partial charge is 0.397 e. The van der Waals surface area contributed by atoms with Crippen molar-refractivity contribution in [3.8, 4) is 0 Å². The number of benzene rings is 2. The highest BCUT2D eigenvalue weighted by Gasteiger charge is 2.29. The Morgan fingerprint density at radius 1 is 1.05 bits per heavy atom. The molecule has 2 N–H and O–H groups in total. The predicted octanol–water partition coefficient (Wildman–Crippen LogP) is 3.61. The van der Waals surface area contributed by atoms with Crippen molar-refractivity contribution in [2.24, 2.45) is 5.73 Å². The molecule has 0 aliphatic carbocycles. The van der Waals surface area contributed by atoms with Crippen LogP contribution in [0.25, 0.3) is 5.70 Å².